The van der Waals surface area contributed by atoms with Gasteiger partial charge in [0.2, 0.25) is 6.10 Å². The highest BCUT2D eigenvalue weighted by Crippen LogP contribution is 2.21. The van der Waals surface area contributed by atoms with Gasteiger partial charge in [-0.25, -0.2) is 4.39 Å². The minimum Gasteiger partial charge on any atom is -0.459 e. The molecule has 146 valence electrons. The molecular weight excluding hydrogens is 377 g/mol. The van der Waals surface area contributed by atoms with Crippen LogP contribution in [0.25, 0.3) is 0 Å². The summed E-state index contributed by atoms with van der Waals surface area (Å²) in [6.07, 6.45) is 0.812. The third-order valence-corrected chi connectivity index (χ3v) is 4.25. The number of carbonyl (C=O) groups excluding carboxylic acids is 2. The molecule has 0 bridgehead atoms. The number of hydrogen-bond donors (Lipinski definition) is 2. The maximum atomic E-state index is 13.4. The first kappa shape index (κ1) is 18.4. The summed E-state index contributed by atoms with van der Waals surface area (Å²) in [5, 5.41) is 9.32. The predicted octanol–water partition coefficient (Wildman–Crippen LogP) is 3.80. The summed E-state index contributed by atoms with van der Waals surface area (Å²) in [7, 11) is 0. The molecule has 1 aliphatic rings. The fraction of sp³-hybridized carbons (Fsp3) is 0.0952. The largest absolute Gasteiger partial charge is 0.459 e. The molecule has 7 nitrogen and oxygen atoms in total. The zero-order valence-electron chi connectivity index (χ0n) is 15.1. The van der Waals surface area contributed by atoms with Crippen molar-refractivity contribution < 1.29 is 23.2 Å². The van der Waals surface area contributed by atoms with Crippen LogP contribution in [0.15, 0.2) is 76.5 Å². The lowest BCUT2D eigenvalue weighted by molar-refractivity contribution is -0.125. The molecule has 3 aromatic rings. The van der Waals surface area contributed by atoms with Gasteiger partial charge in [0.25, 0.3) is 11.8 Å². The lowest BCUT2D eigenvalue weighted by atomic mass is 10.0. The average molecular weight is 393 g/mol. The van der Waals surface area contributed by atoms with Crippen molar-refractivity contribution in [2.75, 3.05) is 10.6 Å². The van der Waals surface area contributed by atoms with Gasteiger partial charge in [-0.15, -0.1) is 0 Å². The zero-order chi connectivity index (χ0) is 20.2. The number of carbonyl (C=O) groups is 2. The second-order valence-corrected chi connectivity index (χ2v) is 6.35. The summed E-state index contributed by atoms with van der Waals surface area (Å²) in [5.74, 6) is -0.993. The van der Waals surface area contributed by atoms with Crippen LogP contribution in [-0.2, 0) is 9.63 Å². The minimum atomic E-state index is -0.824. The number of hydrogen-bond acceptors (Lipinski definition) is 5. The lowest BCUT2D eigenvalue weighted by Gasteiger charge is -2.11. The predicted molar refractivity (Wildman–Crippen MR) is 104 cm³/mol. The Labute approximate surface area is 165 Å². The van der Waals surface area contributed by atoms with E-state index in [-0.39, 0.29) is 18.0 Å². The van der Waals surface area contributed by atoms with Crippen LogP contribution >= 0.6 is 0 Å². The molecule has 2 heterocycles. The van der Waals surface area contributed by atoms with E-state index in [1.807, 2.05) is 0 Å². The number of amides is 2. The summed E-state index contributed by atoms with van der Waals surface area (Å²) in [4.78, 5) is 29.8. The van der Waals surface area contributed by atoms with Crippen LogP contribution in [0.1, 0.15) is 22.5 Å². The Kier molecular flexibility index (Phi) is 5.07. The van der Waals surface area contributed by atoms with E-state index >= 15 is 0 Å². The van der Waals surface area contributed by atoms with Crippen LogP contribution in [0.3, 0.4) is 0 Å². The second-order valence-electron chi connectivity index (χ2n) is 6.35. The Balaban J connectivity index is 1.37. The molecule has 0 spiro atoms. The monoisotopic (exact) mass is 393 g/mol. The van der Waals surface area contributed by atoms with E-state index < -0.39 is 17.9 Å². The van der Waals surface area contributed by atoms with Crippen LogP contribution in [0.2, 0.25) is 0 Å². The molecule has 2 amide bonds. The number of anilines is 2. The fourth-order valence-corrected chi connectivity index (χ4v) is 2.85. The van der Waals surface area contributed by atoms with E-state index in [0.29, 0.717) is 22.6 Å². The summed E-state index contributed by atoms with van der Waals surface area (Å²) in [6.45, 7) is 0. The molecule has 0 saturated carbocycles. The Hall–Kier alpha value is -3.94. The normalized spacial score (nSPS) is 15.3. The molecule has 2 N–H and O–H groups in total. The highest BCUT2D eigenvalue weighted by molar-refractivity contribution is 6.06. The summed E-state index contributed by atoms with van der Waals surface area (Å²) < 4.78 is 18.4. The smallest absolute Gasteiger partial charge is 0.291 e. The first-order chi connectivity index (χ1) is 14.1. The van der Waals surface area contributed by atoms with Gasteiger partial charge in [0.05, 0.1) is 12.0 Å². The van der Waals surface area contributed by atoms with Crippen LogP contribution in [0.4, 0.5) is 15.8 Å². The number of nitrogens with one attached hydrogen (secondary N) is 2. The van der Waals surface area contributed by atoms with Gasteiger partial charge in [-0.05, 0) is 42.5 Å². The van der Waals surface area contributed by atoms with Crippen molar-refractivity contribution in [1.82, 2.24) is 0 Å². The van der Waals surface area contributed by atoms with Crippen LogP contribution in [0.5, 0.6) is 0 Å². The number of halogens is 1. The van der Waals surface area contributed by atoms with E-state index in [1.54, 1.807) is 48.5 Å². The standard InChI is InChI=1S/C21H16FN3O4/c22-14-5-1-4-13(10-14)17-12-19(29-25-17)21(27)24-16-7-2-6-15(11-16)23-20(26)18-8-3-9-28-18/h1-11,19H,12H2,(H,23,26)(H,24,27)/t19-/m1/s1. The van der Waals surface area contributed by atoms with Crippen molar-refractivity contribution in [3.8, 4) is 0 Å². The number of oxime groups is 1. The summed E-state index contributed by atoms with van der Waals surface area (Å²) in [5.41, 5.74) is 2.05. The Morgan fingerprint density at radius 2 is 1.79 bits per heavy atom. The van der Waals surface area contributed by atoms with Gasteiger partial charge < -0.3 is 19.9 Å². The van der Waals surface area contributed by atoms with Crippen LogP contribution in [0, 0.1) is 5.82 Å². The number of furan rings is 1. The van der Waals surface area contributed by atoms with Gasteiger partial charge in [0, 0.05) is 23.4 Å². The number of nitrogens with zero attached hydrogens (tertiary/aromatic N) is 1. The van der Waals surface area contributed by atoms with Crippen molar-refractivity contribution in [3.05, 3.63) is 84.1 Å². The topological polar surface area (TPSA) is 92.9 Å². The van der Waals surface area contributed by atoms with Crippen LogP contribution < -0.4 is 10.6 Å². The van der Waals surface area contributed by atoms with Crippen molar-refractivity contribution in [3.63, 3.8) is 0 Å². The molecule has 4 rings (SSSR count). The Morgan fingerprint density at radius 3 is 2.55 bits per heavy atom. The maximum Gasteiger partial charge on any atom is 0.291 e. The molecule has 1 aliphatic heterocycles. The number of benzene rings is 2. The second kappa shape index (κ2) is 7.97. The first-order valence-corrected chi connectivity index (χ1v) is 8.83. The van der Waals surface area contributed by atoms with E-state index in [4.69, 9.17) is 9.25 Å². The van der Waals surface area contributed by atoms with E-state index in [0.717, 1.165) is 0 Å². The molecule has 0 fully saturated rings. The fourth-order valence-electron chi connectivity index (χ4n) is 2.85. The number of rotatable bonds is 5. The molecule has 0 saturated heterocycles. The molecule has 2 aromatic carbocycles. The first-order valence-electron chi connectivity index (χ1n) is 8.83. The Morgan fingerprint density at radius 1 is 1.00 bits per heavy atom. The summed E-state index contributed by atoms with van der Waals surface area (Å²) in [6, 6.07) is 15.8. The van der Waals surface area contributed by atoms with Crippen molar-refractivity contribution in [2.24, 2.45) is 5.16 Å². The van der Waals surface area contributed by atoms with Gasteiger partial charge in [-0.3, -0.25) is 9.59 Å². The summed E-state index contributed by atoms with van der Waals surface area (Å²) >= 11 is 0. The molecule has 1 aromatic heterocycles. The minimum absolute atomic E-state index is 0.181. The van der Waals surface area contributed by atoms with Crippen molar-refractivity contribution in [1.29, 1.82) is 0 Å². The van der Waals surface area contributed by atoms with Gasteiger partial charge in [0.15, 0.2) is 5.76 Å². The Bertz CT molecular complexity index is 1080. The van der Waals surface area contributed by atoms with Crippen molar-refractivity contribution >= 4 is 28.9 Å². The van der Waals surface area contributed by atoms with E-state index in [2.05, 4.69) is 15.8 Å². The lowest BCUT2D eigenvalue weighted by Crippen LogP contribution is -2.28. The van der Waals surface area contributed by atoms with E-state index in [9.17, 15) is 14.0 Å². The molecule has 1 atom stereocenters. The van der Waals surface area contributed by atoms with Crippen LogP contribution in [-0.4, -0.2) is 23.6 Å². The van der Waals surface area contributed by atoms with Gasteiger partial charge >= 0.3 is 0 Å². The average Bonchev–Trinajstić information content (AvgIpc) is 3.41. The van der Waals surface area contributed by atoms with E-state index in [1.165, 1.54) is 18.4 Å². The highest BCUT2D eigenvalue weighted by Gasteiger charge is 2.29. The van der Waals surface area contributed by atoms with Gasteiger partial charge in [-0.1, -0.05) is 23.4 Å². The third kappa shape index (κ3) is 4.32. The molecular formula is C21H16FN3O4. The molecule has 0 aliphatic carbocycles. The van der Waals surface area contributed by atoms with Gasteiger partial charge in [-0.2, -0.15) is 0 Å². The zero-order valence-corrected chi connectivity index (χ0v) is 15.1. The maximum absolute atomic E-state index is 13.4. The van der Waals surface area contributed by atoms with Gasteiger partial charge in [0.1, 0.15) is 5.82 Å². The molecule has 8 heteroatoms. The molecule has 0 radical (unpaired) electrons. The van der Waals surface area contributed by atoms with Crippen molar-refractivity contribution in [2.45, 2.75) is 12.5 Å². The molecule has 29 heavy (non-hydrogen) atoms. The highest BCUT2D eigenvalue weighted by atomic mass is 19.1. The SMILES string of the molecule is O=C(Nc1cccc(NC(=O)[C@H]2CC(c3cccc(F)c3)=NO2)c1)c1ccco1. The quantitative estimate of drug-likeness (QED) is 0.690. The third-order valence-electron chi connectivity index (χ3n) is 4.25. The molecule has 0 unspecified atom stereocenters.